The van der Waals surface area contributed by atoms with Crippen molar-refractivity contribution in [3.63, 3.8) is 0 Å². The van der Waals surface area contributed by atoms with Crippen molar-refractivity contribution in [2.75, 3.05) is 26.7 Å². The van der Waals surface area contributed by atoms with Gasteiger partial charge in [-0.05, 0) is 45.6 Å². The van der Waals surface area contributed by atoms with Crippen LogP contribution in [0.5, 0.6) is 0 Å². The minimum Gasteiger partial charge on any atom is -0.394 e. The average Bonchev–Trinajstić information content (AvgIpc) is 3.51. The zero-order valence-corrected chi connectivity index (χ0v) is 23.9. The summed E-state index contributed by atoms with van der Waals surface area (Å²) in [6, 6.07) is 7.49. The zero-order chi connectivity index (χ0) is 28.8. The first-order valence-electron chi connectivity index (χ1n) is 13.9. The molecule has 1 aromatic rings. The summed E-state index contributed by atoms with van der Waals surface area (Å²) >= 11 is 0. The topological polar surface area (TPSA) is 90.4 Å². The van der Waals surface area contributed by atoms with Crippen molar-refractivity contribution in [1.29, 1.82) is 0 Å². The van der Waals surface area contributed by atoms with Crippen LogP contribution in [0.15, 0.2) is 55.6 Å². The second kappa shape index (κ2) is 10.5. The van der Waals surface area contributed by atoms with Gasteiger partial charge in [0.25, 0.3) is 0 Å². The van der Waals surface area contributed by atoms with E-state index in [1.807, 2.05) is 58.0 Å². The molecule has 8 heteroatoms. The van der Waals surface area contributed by atoms with Crippen LogP contribution in [0.25, 0.3) is 0 Å². The predicted octanol–water partition coefficient (Wildman–Crippen LogP) is 3.33. The van der Waals surface area contributed by atoms with Gasteiger partial charge >= 0.3 is 0 Å². The molecular weight excluding hydrogens is 494 g/mol. The first-order valence-corrected chi connectivity index (χ1v) is 13.9. The van der Waals surface area contributed by atoms with Crippen LogP contribution in [0.4, 0.5) is 0 Å². The first kappa shape index (κ1) is 29.0. The highest BCUT2D eigenvalue weighted by Crippen LogP contribution is 2.65. The summed E-state index contributed by atoms with van der Waals surface area (Å²) in [4.78, 5) is 48.0. The number of carbonyl (C=O) groups excluding carboxylic acids is 3. The van der Waals surface area contributed by atoms with Crippen LogP contribution in [0.2, 0.25) is 0 Å². The van der Waals surface area contributed by atoms with Crippen LogP contribution >= 0.6 is 0 Å². The molecule has 0 saturated carbocycles. The minimum atomic E-state index is -1.17. The van der Waals surface area contributed by atoms with E-state index in [0.29, 0.717) is 32.4 Å². The summed E-state index contributed by atoms with van der Waals surface area (Å²) in [7, 11) is 1.71. The molecule has 3 fully saturated rings. The van der Waals surface area contributed by atoms with Gasteiger partial charge in [0.1, 0.15) is 11.6 Å². The number of hydrogen-bond donors (Lipinski definition) is 1. The molecule has 3 saturated heterocycles. The normalized spacial score (nSPS) is 30.2. The van der Waals surface area contributed by atoms with Gasteiger partial charge < -0.3 is 24.5 Å². The maximum Gasteiger partial charge on any atom is 0.249 e. The highest BCUT2D eigenvalue weighted by molar-refractivity contribution is 5.99. The van der Waals surface area contributed by atoms with Gasteiger partial charge in [-0.3, -0.25) is 14.4 Å². The van der Waals surface area contributed by atoms with Crippen molar-refractivity contribution in [3.8, 4) is 0 Å². The van der Waals surface area contributed by atoms with Gasteiger partial charge in [0.15, 0.2) is 0 Å². The van der Waals surface area contributed by atoms with E-state index < -0.39 is 40.7 Å². The average molecular weight is 538 g/mol. The van der Waals surface area contributed by atoms with Crippen molar-refractivity contribution >= 4 is 17.7 Å². The van der Waals surface area contributed by atoms with Gasteiger partial charge in [-0.15, -0.1) is 13.2 Å². The van der Waals surface area contributed by atoms with Crippen molar-refractivity contribution in [2.24, 2.45) is 11.8 Å². The Labute approximate surface area is 232 Å². The molecule has 212 valence electrons. The maximum atomic E-state index is 14.6. The Balaban J connectivity index is 1.92. The number of likely N-dealkylation sites (tertiary alicyclic amines) is 1. The van der Waals surface area contributed by atoms with E-state index in [1.165, 1.54) is 4.90 Å². The molecule has 2 bridgehead atoms. The molecule has 2 unspecified atom stereocenters. The maximum absolute atomic E-state index is 14.6. The quantitative estimate of drug-likeness (QED) is 0.463. The smallest absolute Gasteiger partial charge is 0.249 e. The summed E-state index contributed by atoms with van der Waals surface area (Å²) in [6.45, 7) is 15.7. The minimum absolute atomic E-state index is 0.177. The highest BCUT2D eigenvalue weighted by Gasteiger charge is 2.79. The van der Waals surface area contributed by atoms with Gasteiger partial charge in [-0.1, -0.05) is 49.4 Å². The van der Waals surface area contributed by atoms with Crippen molar-refractivity contribution in [2.45, 2.75) is 75.8 Å². The lowest BCUT2D eigenvalue weighted by Gasteiger charge is -2.43. The number of likely N-dealkylation sites (N-methyl/N-ethyl adjacent to an activating group) is 1. The summed E-state index contributed by atoms with van der Waals surface area (Å²) in [5.74, 6) is -2.31. The number of carbonyl (C=O) groups is 3. The molecule has 1 aromatic carbocycles. The SMILES string of the molecule is C=CCN(C)C(=O)[C@H]1[C@H]2C(=O)N([C@H](CO)c3ccccc3)C(C(=O)N(CC=C)C(C)(C)C)C23CC[C@]1(CC)O3. The lowest BCUT2D eigenvalue weighted by atomic mass is 9.64. The Morgan fingerprint density at radius 1 is 1.15 bits per heavy atom. The van der Waals surface area contributed by atoms with Crippen LogP contribution < -0.4 is 0 Å². The van der Waals surface area contributed by atoms with E-state index in [2.05, 4.69) is 13.2 Å². The molecular formula is C31H43N3O5. The predicted molar refractivity (Wildman–Crippen MR) is 149 cm³/mol. The van der Waals surface area contributed by atoms with Crippen LogP contribution in [0.3, 0.4) is 0 Å². The standard InChI is InChI=1S/C31H43N3O5/c1-8-18-32(7)26(36)23-24-27(37)34(22(20-35)21-14-12-11-13-15-21)25(28(38)33(19-9-2)29(4,5)6)31(24)17-16-30(23,10-3)39-31/h8-9,11-15,22-25,35H,1-2,10,16-20H2,3-7H3/t22-,23-,24+,25?,30+,31?/m1/s1. The molecule has 3 aliphatic rings. The van der Waals surface area contributed by atoms with E-state index in [1.54, 1.807) is 29.0 Å². The number of fused-ring (bicyclic) bond motifs is 1. The lowest BCUT2D eigenvalue weighted by Crippen LogP contribution is -2.60. The number of rotatable bonds is 10. The van der Waals surface area contributed by atoms with E-state index >= 15 is 0 Å². The van der Waals surface area contributed by atoms with E-state index in [0.717, 1.165) is 5.56 Å². The number of benzene rings is 1. The largest absolute Gasteiger partial charge is 0.394 e. The third-order valence-corrected chi connectivity index (χ3v) is 8.98. The van der Waals surface area contributed by atoms with Crippen molar-refractivity contribution < 1.29 is 24.2 Å². The summed E-state index contributed by atoms with van der Waals surface area (Å²) < 4.78 is 6.90. The molecule has 3 aliphatic heterocycles. The number of hydrogen-bond acceptors (Lipinski definition) is 5. The number of aliphatic hydroxyl groups is 1. The molecule has 0 aromatic heterocycles. The van der Waals surface area contributed by atoms with Crippen LogP contribution in [-0.2, 0) is 19.1 Å². The summed E-state index contributed by atoms with van der Waals surface area (Å²) in [5.41, 5.74) is -1.84. The Morgan fingerprint density at radius 3 is 2.33 bits per heavy atom. The molecule has 3 heterocycles. The number of ether oxygens (including phenoxy) is 1. The van der Waals surface area contributed by atoms with E-state index in [9.17, 15) is 19.5 Å². The lowest BCUT2D eigenvalue weighted by molar-refractivity contribution is -0.160. The highest BCUT2D eigenvalue weighted by atomic mass is 16.5. The fourth-order valence-corrected chi connectivity index (χ4v) is 7.17. The Kier molecular flexibility index (Phi) is 7.85. The van der Waals surface area contributed by atoms with Crippen molar-refractivity contribution in [3.05, 3.63) is 61.2 Å². The molecule has 1 N–H and O–H groups in total. The Morgan fingerprint density at radius 2 is 1.79 bits per heavy atom. The van der Waals surface area contributed by atoms with Gasteiger partial charge in [-0.25, -0.2) is 0 Å². The van der Waals surface area contributed by atoms with E-state index in [4.69, 9.17) is 4.74 Å². The summed E-state index contributed by atoms with van der Waals surface area (Å²) in [5, 5.41) is 10.7. The molecule has 39 heavy (non-hydrogen) atoms. The molecule has 1 spiro atoms. The fourth-order valence-electron chi connectivity index (χ4n) is 7.17. The fraction of sp³-hybridized carbons (Fsp3) is 0.581. The van der Waals surface area contributed by atoms with Gasteiger partial charge in [0.2, 0.25) is 17.7 Å². The van der Waals surface area contributed by atoms with Gasteiger partial charge in [0.05, 0.1) is 30.1 Å². The number of amides is 3. The Hall–Kier alpha value is -2.97. The molecule has 3 amide bonds. The second-order valence-electron chi connectivity index (χ2n) is 12.1. The monoisotopic (exact) mass is 537 g/mol. The number of nitrogens with zero attached hydrogens (tertiary/aromatic N) is 3. The molecule has 8 nitrogen and oxygen atoms in total. The van der Waals surface area contributed by atoms with Gasteiger partial charge in [-0.2, -0.15) is 0 Å². The van der Waals surface area contributed by atoms with Gasteiger partial charge in [0, 0.05) is 25.7 Å². The van der Waals surface area contributed by atoms with E-state index in [-0.39, 0.29) is 24.3 Å². The third kappa shape index (κ3) is 4.42. The van der Waals surface area contributed by atoms with Crippen LogP contribution in [-0.4, -0.2) is 87.1 Å². The summed E-state index contributed by atoms with van der Waals surface area (Å²) in [6.07, 6.45) is 4.95. The van der Waals surface area contributed by atoms with Crippen LogP contribution in [0, 0.1) is 11.8 Å². The second-order valence-corrected chi connectivity index (χ2v) is 12.1. The number of aliphatic hydroxyl groups excluding tert-OH is 1. The van der Waals surface area contributed by atoms with Crippen molar-refractivity contribution in [1.82, 2.24) is 14.7 Å². The Bertz CT molecular complexity index is 1130. The molecule has 0 aliphatic carbocycles. The zero-order valence-electron chi connectivity index (χ0n) is 23.9. The molecule has 0 radical (unpaired) electrons. The third-order valence-electron chi connectivity index (χ3n) is 8.98. The molecule has 4 rings (SSSR count). The first-order chi connectivity index (χ1) is 18.4. The molecule has 6 atom stereocenters. The van der Waals surface area contributed by atoms with Crippen LogP contribution in [0.1, 0.15) is 58.6 Å².